The third-order valence-electron chi connectivity index (χ3n) is 4.20. The van der Waals surface area contributed by atoms with Crippen LogP contribution in [0.3, 0.4) is 0 Å². The van der Waals surface area contributed by atoms with Crippen LogP contribution < -0.4 is 5.32 Å². The molecule has 1 saturated carbocycles. The van der Waals surface area contributed by atoms with E-state index in [0.717, 1.165) is 24.7 Å². The molecule has 0 bridgehead atoms. The molecule has 2 rings (SSSR count). The van der Waals surface area contributed by atoms with Gasteiger partial charge in [-0.15, -0.1) is 11.6 Å². The van der Waals surface area contributed by atoms with Gasteiger partial charge in [0.2, 0.25) is 0 Å². The van der Waals surface area contributed by atoms with E-state index in [-0.39, 0.29) is 0 Å². The zero-order valence-corrected chi connectivity index (χ0v) is 12.9. The number of nitrogens with zero attached hydrogens (tertiary/aromatic N) is 2. The summed E-state index contributed by atoms with van der Waals surface area (Å²) in [5.41, 5.74) is 1.44. The van der Waals surface area contributed by atoms with E-state index in [2.05, 4.69) is 36.5 Å². The Morgan fingerprint density at radius 2 is 2.11 bits per heavy atom. The van der Waals surface area contributed by atoms with Gasteiger partial charge in [-0.2, -0.15) is 5.10 Å². The van der Waals surface area contributed by atoms with Crippen molar-refractivity contribution < 1.29 is 0 Å². The molecule has 1 N–H and O–H groups in total. The Morgan fingerprint density at radius 3 is 2.68 bits per heavy atom. The maximum absolute atomic E-state index is 6.20. The van der Waals surface area contributed by atoms with Crippen LogP contribution in [0.1, 0.15) is 57.7 Å². The summed E-state index contributed by atoms with van der Waals surface area (Å²) >= 11 is 6.20. The quantitative estimate of drug-likeness (QED) is 0.806. The van der Waals surface area contributed by atoms with Gasteiger partial charge in [0.05, 0.1) is 5.69 Å². The molecule has 4 heteroatoms. The van der Waals surface area contributed by atoms with Crippen molar-refractivity contribution in [3.05, 3.63) is 18.0 Å². The van der Waals surface area contributed by atoms with Crippen molar-refractivity contribution in [2.75, 3.05) is 12.4 Å². The second-order valence-electron chi connectivity index (χ2n) is 6.18. The van der Waals surface area contributed by atoms with Gasteiger partial charge in [0, 0.05) is 31.2 Å². The fourth-order valence-corrected chi connectivity index (χ4v) is 3.24. The molecule has 108 valence electrons. The fraction of sp³-hybridized carbons (Fsp3) is 0.800. The summed E-state index contributed by atoms with van der Waals surface area (Å²) in [4.78, 5) is 0. The Kier molecular flexibility index (Phi) is 5.28. The zero-order chi connectivity index (χ0) is 13.7. The standard InChI is InChI=1S/C15H26ClN3/c1-13(2)19-9-6-14(18-19)10-17-12-15(11-16)7-4-3-5-8-15/h6,9,13,17H,3-5,7-8,10-12H2,1-2H3. The molecule has 0 saturated heterocycles. The summed E-state index contributed by atoms with van der Waals surface area (Å²) in [5, 5.41) is 8.12. The van der Waals surface area contributed by atoms with Gasteiger partial charge in [-0.3, -0.25) is 4.68 Å². The van der Waals surface area contributed by atoms with Crippen LogP contribution in [-0.2, 0) is 6.54 Å². The minimum Gasteiger partial charge on any atom is -0.311 e. The molecule has 1 aromatic heterocycles. The fourth-order valence-electron chi connectivity index (χ4n) is 2.87. The first kappa shape index (κ1) is 14.9. The van der Waals surface area contributed by atoms with E-state index >= 15 is 0 Å². The van der Waals surface area contributed by atoms with Crippen LogP contribution in [0.5, 0.6) is 0 Å². The molecular formula is C15H26ClN3. The Hall–Kier alpha value is -0.540. The molecule has 1 aliphatic carbocycles. The summed E-state index contributed by atoms with van der Waals surface area (Å²) in [7, 11) is 0. The van der Waals surface area contributed by atoms with Crippen LogP contribution in [0, 0.1) is 5.41 Å². The summed E-state index contributed by atoms with van der Waals surface area (Å²) in [5.74, 6) is 0.778. The monoisotopic (exact) mass is 283 g/mol. The van der Waals surface area contributed by atoms with Gasteiger partial charge in [0.1, 0.15) is 0 Å². The van der Waals surface area contributed by atoms with Crippen molar-refractivity contribution in [2.45, 2.75) is 58.5 Å². The highest BCUT2D eigenvalue weighted by Crippen LogP contribution is 2.36. The normalized spacial score (nSPS) is 18.9. The summed E-state index contributed by atoms with van der Waals surface area (Å²) < 4.78 is 2.01. The van der Waals surface area contributed by atoms with Crippen molar-refractivity contribution in [3.63, 3.8) is 0 Å². The first-order chi connectivity index (χ1) is 9.15. The van der Waals surface area contributed by atoms with Crippen molar-refractivity contribution in [2.24, 2.45) is 5.41 Å². The molecule has 1 heterocycles. The lowest BCUT2D eigenvalue weighted by Gasteiger charge is -2.35. The lowest BCUT2D eigenvalue weighted by molar-refractivity contribution is 0.211. The van der Waals surface area contributed by atoms with Gasteiger partial charge in [-0.05, 0) is 38.2 Å². The maximum Gasteiger partial charge on any atom is 0.0762 e. The second kappa shape index (κ2) is 6.76. The molecule has 1 aromatic rings. The van der Waals surface area contributed by atoms with Crippen LogP contribution in [0.4, 0.5) is 0 Å². The highest BCUT2D eigenvalue weighted by molar-refractivity contribution is 6.18. The summed E-state index contributed by atoms with van der Waals surface area (Å²) in [6.07, 6.45) is 8.62. The van der Waals surface area contributed by atoms with Crippen molar-refractivity contribution in [1.29, 1.82) is 0 Å². The van der Waals surface area contributed by atoms with E-state index in [1.165, 1.54) is 32.1 Å². The van der Waals surface area contributed by atoms with Crippen LogP contribution >= 0.6 is 11.6 Å². The highest BCUT2D eigenvalue weighted by atomic mass is 35.5. The van der Waals surface area contributed by atoms with E-state index < -0.39 is 0 Å². The van der Waals surface area contributed by atoms with Crippen LogP contribution in [0.25, 0.3) is 0 Å². The highest BCUT2D eigenvalue weighted by Gasteiger charge is 2.30. The lowest BCUT2D eigenvalue weighted by atomic mass is 9.75. The molecule has 0 radical (unpaired) electrons. The molecule has 0 amide bonds. The van der Waals surface area contributed by atoms with Crippen LogP contribution in [0.15, 0.2) is 12.3 Å². The average Bonchev–Trinajstić information content (AvgIpc) is 2.89. The van der Waals surface area contributed by atoms with Crippen molar-refractivity contribution in [1.82, 2.24) is 15.1 Å². The molecule has 0 unspecified atom stereocenters. The molecule has 3 nitrogen and oxygen atoms in total. The smallest absolute Gasteiger partial charge is 0.0762 e. The number of rotatable bonds is 6. The molecular weight excluding hydrogens is 258 g/mol. The molecule has 0 atom stereocenters. The zero-order valence-electron chi connectivity index (χ0n) is 12.2. The average molecular weight is 284 g/mol. The number of hydrogen-bond donors (Lipinski definition) is 1. The van der Waals surface area contributed by atoms with Gasteiger partial charge in [0.25, 0.3) is 0 Å². The Balaban J connectivity index is 1.81. The topological polar surface area (TPSA) is 29.9 Å². The van der Waals surface area contributed by atoms with Gasteiger partial charge in [-0.1, -0.05) is 19.3 Å². The molecule has 0 aromatic carbocycles. The first-order valence-electron chi connectivity index (χ1n) is 7.46. The van der Waals surface area contributed by atoms with Crippen LogP contribution in [0.2, 0.25) is 0 Å². The lowest BCUT2D eigenvalue weighted by Crippen LogP contribution is -2.37. The number of hydrogen-bond acceptors (Lipinski definition) is 2. The number of nitrogens with one attached hydrogen (secondary N) is 1. The Bertz CT molecular complexity index is 380. The van der Waals surface area contributed by atoms with Gasteiger partial charge in [0.15, 0.2) is 0 Å². The second-order valence-corrected chi connectivity index (χ2v) is 6.45. The number of alkyl halides is 1. The molecule has 1 fully saturated rings. The van der Waals surface area contributed by atoms with Gasteiger partial charge < -0.3 is 5.32 Å². The molecule has 19 heavy (non-hydrogen) atoms. The minimum atomic E-state index is 0.320. The Morgan fingerprint density at radius 1 is 1.37 bits per heavy atom. The summed E-state index contributed by atoms with van der Waals surface area (Å²) in [6.45, 7) is 6.16. The van der Waals surface area contributed by atoms with E-state index in [1.54, 1.807) is 0 Å². The van der Waals surface area contributed by atoms with Crippen LogP contribution in [-0.4, -0.2) is 22.2 Å². The first-order valence-corrected chi connectivity index (χ1v) is 7.99. The molecule has 0 aliphatic heterocycles. The molecule has 0 spiro atoms. The summed E-state index contributed by atoms with van der Waals surface area (Å²) in [6, 6.07) is 2.53. The van der Waals surface area contributed by atoms with Gasteiger partial charge in [-0.25, -0.2) is 0 Å². The predicted molar refractivity (Wildman–Crippen MR) is 80.6 cm³/mol. The third-order valence-corrected chi connectivity index (χ3v) is 4.76. The van der Waals surface area contributed by atoms with E-state index in [0.29, 0.717) is 11.5 Å². The van der Waals surface area contributed by atoms with Crippen molar-refractivity contribution in [3.8, 4) is 0 Å². The maximum atomic E-state index is 6.20. The van der Waals surface area contributed by atoms with Gasteiger partial charge >= 0.3 is 0 Å². The van der Waals surface area contributed by atoms with E-state index in [9.17, 15) is 0 Å². The third kappa shape index (κ3) is 3.96. The predicted octanol–water partition coefficient (Wildman–Crippen LogP) is 3.74. The number of aromatic nitrogens is 2. The van der Waals surface area contributed by atoms with E-state index in [1.807, 2.05) is 4.68 Å². The Labute approximate surface area is 121 Å². The minimum absolute atomic E-state index is 0.320. The van der Waals surface area contributed by atoms with Crippen molar-refractivity contribution >= 4 is 11.6 Å². The SMILES string of the molecule is CC(C)n1ccc(CNCC2(CCl)CCCCC2)n1. The van der Waals surface area contributed by atoms with E-state index in [4.69, 9.17) is 11.6 Å². The largest absolute Gasteiger partial charge is 0.311 e. The number of halogens is 1. The molecule has 1 aliphatic rings.